The normalized spacial score (nSPS) is 13.1. The van der Waals surface area contributed by atoms with Crippen molar-refractivity contribution in [3.8, 4) is 0 Å². The number of allylic oxidation sites excluding steroid dienone is 4. The maximum absolute atomic E-state index is 4.24. The van der Waals surface area contributed by atoms with Crippen LogP contribution in [0.4, 0.5) is 0 Å². The van der Waals surface area contributed by atoms with E-state index in [1.165, 1.54) is 232 Å². The average Bonchev–Trinajstić information content (AvgIpc) is 3.27. The van der Waals surface area contributed by atoms with Crippen molar-refractivity contribution in [2.75, 3.05) is 39.3 Å². The molecule has 6 heteroatoms. The summed E-state index contributed by atoms with van der Waals surface area (Å²) in [6.45, 7) is 18.9. The van der Waals surface area contributed by atoms with E-state index in [9.17, 15) is 0 Å². The first-order valence-corrected chi connectivity index (χ1v) is 26.9. The van der Waals surface area contributed by atoms with Crippen molar-refractivity contribution in [2.24, 2.45) is 11.8 Å². The fraction of sp³-hybridized carbons (Fsp3) is 0.786. The van der Waals surface area contributed by atoms with Crippen LogP contribution in [0.3, 0.4) is 0 Å². The zero-order valence-electron chi connectivity index (χ0n) is 41.6. The first-order chi connectivity index (χ1) is 30.6. The zero-order valence-corrected chi connectivity index (χ0v) is 41.6. The third-order valence-corrected chi connectivity index (χ3v) is 12.7. The van der Waals surface area contributed by atoms with Gasteiger partial charge in [-0.2, -0.15) is 0 Å². The van der Waals surface area contributed by atoms with Crippen molar-refractivity contribution in [1.29, 1.82) is 0 Å². The largest absolute Gasteiger partial charge is 0.303 e. The Morgan fingerprint density at radius 2 is 0.629 bits per heavy atom. The maximum Gasteiger partial charge on any atom is 0.187 e. The SMILES string of the molecule is CCCCCCCCC=CCCCCCCCCN(CCCCN(CCCCCCCC/C=C/CCCCCCCC)CC(C)C[n+]1ccncc1)CC(C)C[n+]1ccncc1. The van der Waals surface area contributed by atoms with Gasteiger partial charge in [0.05, 0.1) is 24.8 Å². The Balaban J connectivity index is 1.72. The van der Waals surface area contributed by atoms with E-state index in [0.29, 0.717) is 11.8 Å². The van der Waals surface area contributed by atoms with Gasteiger partial charge in [0.25, 0.3) is 0 Å². The molecule has 2 heterocycles. The summed E-state index contributed by atoms with van der Waals surface area (Å²) in [4.78, 5) is 14.1. The molecular formula is C56H102N6+2. The Morgan fingerprint density at radius 1 is 0.371 bits per heavy atom. The summed E-state index contributed by atoms with van der Waals surface area (Å²) in [7, 11) is 0. The molecule has 6 nitrogen and oxygen atoms in total. The maximum atomic E-state index is 4.24. The lowest BCUT2D eigenvalue weighted by atomic mass is 10.1. The highest BCUT2D eigenvalue weighted by Crippen LogP contribution is 2.14. The summed E-state index contributed by atoms with van der Waals surface area (Å²) in [5.74, 6) is 1.23. The number of rotatable bonds is 45. The second kappa shape index (κ2) is 42.5. The van der Waals surface area contributed by atoms with E-state index in [1.807, 2.05) is 24.8 Å². The fourth-order valence-electron chi connectivity index (χ4n) is 9.08. The summed E-state index contributed by atoms with van der Waals surface area (Å²) in [6.07, 6.45) is 66.9. The van der Waals surface area contributed by atoms with E-state index in [4.69, 9.17) is 0 Å². The molecule has 0 fully saturated rings. The molecule has 354 valence electrons. The van der Waals surface area contributed by atoms with Gasteiger partial charge in [-0.1, -0.05) is 168 Å². The Hall–Kier alpha value is -2.44. The molecule has 0 aliphatic carbocycles. The van der Waals surface area contributed by atoms with Crippen LogP contribution in [0.2, 0.25) is 0 Å². The quantitative estimate of drug-likeness (QED) is 0.0378. The van der Waals surface area contributed by atoms with Gasteiger partial charge in [0.2, 0.25) is 0 Å². The van der Waals surface area contributed by atoms with Crippen LogP contribution in [-0.2, 0) is 13.1 Å². The van der Waals surface area contributed by atoms with Crippen LogP contribution in [0.1, 0.15) is 220 Å². The van der Waals surface area contributed by atoms with Crippen LogP contribution in [0.15, 0.2) is 73.9 Å². The number of unbranched alkanes of at least 4 members (excludes halogenated alkanes) is 25. The van der Waals surface area contributed by atoms with Gasteiger partial charge in [0.15, 0.2) is 37.9 Å². The van der Waals surface area contributed by atoms with Gasteiger partial charge >= 0.3 is 0 Å². The van der Waals surface area contributed by atoms with Crippen molar-refractivity contribution in [3.05, 3.63) is 73.9 Å². The van der Waals surface area contributed by atoms with E-state index in [-0.39, 0.29) is 0 Å². The highest BCUT2D eigenvalue weighted by Gasteiger charge is 2.17. The number of hydrogen-bond donors (Lipinski definition) is 0. The molecule has 2 aromatic heterocycles. The molecule has 0 spiro atoms. The van der Waals surface area contributed by atoms with Gasteiger partial charge in [-0.3, -0.25) is 9.97 Å². The smallest absolute Gasteiger partial charge is 0.187 e. The summed E-state index contributed by atoms with van der Waals surface area (Å²) in [6, 6.07) is 0. The Labute approximate surface area is 385 Å². The van der Waals surface area contributed by atoms with Crippen LogP contribution in [-0.4, -0.2) is 59.0 Å². The van der Waals surface area contributed by atoms with Gasteiger partial charge < -0.3 is 9.80 Å². The highest BCUT2D eigenvalue weighted by atomic mass is 15.1. The number of aromatic nitrogens is 4. The van der Waals surface area contributed by atoms with Gasteiger partial charge in [-0.15, -0.1) is 0 Å². The molecule has 2 atom stereocenters. The van der Waals surface area contributed by atoms with Crippen molar-refractivity contribution < 1.29 is 9.13 Å². The third kappa shape index (κ3) is 35.0. The molecule has 2 aromatic rings. The van der Waals surface area contributed by atoms with E-state index < -0.39 is 0 Å². The molecule has 2 unspecified atom stereocenters. The minimum atomic E-state index is 0.617. The van der Waals surface area contributed by atoms with Crippen molar-refractivity contribution in [3.63, 3.8) is 0 Å². The summed E-state index contributed by atoms with van der Waals surface area (Å²) in [5, 5.41) is 0. The lowest BCUT2D eigenvalue weighted by molar-refractivity contribution is -0.703. The van der Waals surface area contributed by atoms with Crippen LogP contribution in [0.25, 0.3) is 0 Å². The van der Waals surface area contributed by atoms with E-state index in [1.54, 1.807) is 0 Å². The van der Waals surface area contributed by atoms with E-state index >= 15 is 0 Å². The molecule has 2 rings (SSSR count). The molecule has 62 heavy (non-hydrogen) atoms. The van der Waals surface area contributed by atoms with Gasteiger partial charge in [-0.05, 0) is 103 Å². The molecule has 0 aliphatic rings. The summed E-state index contributed by atoms with van der Waals surface area (Å²) >= 11 is 0. The second-order valence-corrected chi connectivity index (χ2v) is 19.3. The van der Waals surface area contributed by atoms with Crippen LogP contribution >= 0.6 is 0 Å². The van der Waals surface area contributed by atoms with Crippen molar-refractivity contribution in [2.45, 2.75) is 233 Å². The lowest BCUT2D eigenvalue weighted by Gasteiger charge is -2.27. The first kappa shape index (κ1) is 55.7. The average molecular weight is 859 g/mol. The molecule has 0 bridgehead atoms. The zero-order chi connectivity index (χ0) is 44.2. The van der Waals surface area contributed by atoms with Gasteiger partial charge in [0.1, 0.15) is 0 Å². The fourth-order valence-corrected chi connectivity index (χ4v) is 9.08. The van der Waals surface area contributed by atoms with Crippen molar-refractivity contribution >= 4 is 0 Å². The predicted molar refractivity (Wildman–Crippen MR) is 268 cm³/mol. The van der Waals surface area contributed by atoms with E-state index in [0.717, 1.165) is 13.1 Å². The standard InChI is InChI=1S/C56H102N6/c1-5-7-9-11-13-15-17-19-21-23-25-27-29-31-33-35-43-59(51-55(3)53-61-47-39-57-40-48-61)45-37-38-46-60(52-56(4)54-62-49-41-58-42-50-62)44-36-34-32-30-28-26-24-22-20-18-16-14-12-10-8-6-2/h19-22,39-42,47-50,55-56H,5-18,23-38,43-46,51-54H2,1-4H3/q+2/b21-19+,22-20?. The minimum absolute atomic E-state index is 0.617. The first-order valence-electron chi connectivity index (χ1n) is 26.9. The number of nitrogens with zero attached hydrogens (tertiary/aromatic N) is 6. The Morgan fingerprint density at radius 3 is 0.935 bits per heavy atom. The number of hydrogen-bond acceptors (Lipinski definition) is 4. The highest BCUT2D eigenvalue weighted by molar-refractivity contribution is 4.82. The molecule has 0 aromatic carbocycles. The monoisotopic (exact) mass is 859 g/mol. The lowest BCUT2D eigenvalue weighted by Crippen LogP contribution is -2.41. The molecule has 0 N–H and O–H groups in total. The third-order valence-electron chi connectivity index (χ3n) is 12.7. The molecule has 0 saturated heterocycles. The van der Waals surface area contributed by atoms with Crippen molar-refractivity contribution in [1.82, 2.24) is 19.8 Å². The summed E-state index contributed by atoms with van der Waals surface area (Å²) in [5.41, 5.74) is 0. The predicted octanol–water partition coefficient (Wildman–Crippen LogP) is 14.5. The van der Waals surface area contributed by atoms with Crippen LogP contribution < -0.4 is 9.13 Å². The molecule has 0 amide bonds. The second-order valence-electron chi connectivity index (χ2n) is 19.3. The van der Waals surface area contributed by atoms with E-state index in [2.05, 4.69) is 106 Å². The van der Waals surface area contributed by atoms with Gasteiger partial charge in [0, 0.05) is 24.9 Å². The molecule has 0 saturated carbocycles. The Bertz CT molecular complexity index is 1150. The molecule has 0 radical (unpaired) electrons. The summed E-state index contributed by atoms with van der Waals surface area (Å²) < 4.78 is 4.61. The van der Waals surface area contributed by atoms with Crippen LogP contribution in [0, 0.1) is 11.8 Å². The molecular weight excluding hydrogens is 757 g/mol. The minimum Gasteiger partial charge on any atom is -0.303 e. The molecule has 0 aliphatic heterocycles. The van der Waals surface area contributed by atoms with Gasteiger partial charge in [-0.25, -0.2) is 9.13 Å². The topological polar surface area (TPSA) is 40.0 Å². The Kier molecular flexibility index (Phi) is 38.2. The van der Waals surface area contributed by atoms with Crippen LogP contribution in [0.5, 0.6) is 0 Å².